The Balaban J connectivity index is 1.68. The summed E-state index contributed by atoms with van der Waals surface area (Å²) in [5.41, 5.74) is 4.58. The van der Waals surface area contributed by atoms with Crippen molar-refractivity contribution in [1.29, 1.82) is 0 Å². The van der Waals surface area contributed by atoms with Crippen LogP contribution in [0.1, 0.15) is 45.6 Å². The number of piperidine rings is 1. The summed E-state index contributed by atoms with van der Waals surface area (Å²) in [6.45, 7) is 6.94. The Labute approximate surface area is 182 Å². The predicted octanol–water partition coefficient (Wildman–Crippen LogP) is 4.76. The minimum Gasteiger partial charge on any atom is -0.396 e. The monoisotopic (exact) mass is 420 g/mol. The number of aromatic nitrogens is 1. The van der Waals surface area contributed by atoms with Crippen molar-refractivity contribution in [2.45, 2.75) is 40.0 Å². The van der Waals surface area contributed by atoms with Gasteiger partial charge in [-0.05, 0) is 68.9 Å². The lowest BCUT2D eigenvalue weighted by Gasteiger charge is -2.42. The lowest BCUT2D eigenvalue weighted by Crippen LogP contribution is -2.49. The fourth-order valence-electron chi connectivity index (χ4n) is 4.76. The number of likely N-dealkylation sites (tertiary alicyclic amines) is 1. The Morgan fingerprint density at radius 1 is 1.19 bits per heavy atom. The molecule has 3 aromatic rings. The van der Waals surface area contributed by atoms with Crippen LogP contribution in [0.15, 0.2) is 42.5 Å². The number of benzene rings is 2. The van der Waals surface area contributed by atoms with Crippen molar-refractivity contribution in [3.8, 4) is 0 Å². The third kappa shape index (κ3) is 4.07. The fourth-order valence-corrected chi connectivity index (χ4v) is 4.76. The van der Waals surface area contributed by atoms with E-state index in [4.69, 9.17) is 0 Å². The molecule has 1 saturated heterocycles. The first-order valence-corrected chi connectivity index (χ1v) is 10.8. The van der Waals surface area contributed by atoms with E-state index in [2.05, 4.69) is 4.98 Å². The molecule has 1 aromatic heterocycles. The molecule has 1 fully saturated rings. The molecule has 0 radical (unpaired) electrons. The second kappa shape index (κ2) is 8.39. The van der Waals surface area contributed by atoms with Gasteiger partial charge in [0.15, 0.2) is 0 Å². The molecule has 162 valence electrons. The molecule has 0 bridgehead atoms. The quantitative estimate of drug-likeness (QED) is 0.662. The van der Waals surface area contributed by atoms with Crippen LogP contribution in [0.3, 0.4) is 0 Å². The molecule has 4 rings (SSSR count). The highest BCUT2D eigenvalue weighted by Gasteiger charge is 2.38. The summed E-state index contributed by atoms with van der Waals surface area (Å²) >= 11 is 0. The summed E-state index contributed by atoms with van der Waals surface area (Å²) in [6, 6.07) is 12.5. The van der Waals surface area contributed by atoms with E-state index in [-0.39, 0.29) is 18.3 Å². The van der Waals surface area contributed by atoms with Gasteiger partial charge in [-0.3, -0.25) is 9.78 Å². The normalized spacial score (nSPS) is 19.1. The van der Waals surface area contributed by atoms with Crippen LogP contribution in [0.2, 0.25) is 0 Å². The second-order valence-electron chi connectivity index (χ2n) is 8.97. The minimum atomic E-state index is -0.541. The first kappa shape index (κ1) is 21.4. The van der Waals surface area contributed by atoms with Gasteiger partial charge in [0.05, 0.1) is 17.7 Å². The minimum absolute atomic E-state index is 0.0511. The number of aliphatic hydroxyl groups excluding tert-OH is 1. The van der Waals surface area contributed by atoms with E-state index in [1.54, 1.807) is 12.1 Å². The smallest absolute Gasteiger partial charge is 0.254 e. The van der Waals surface area contributed by atoms with Gasteiger partial charge in [0.1, 0.15) is 5.82 Å². The fraction of sp³-hybridized carbons (Fsp3) is 0.385. The molecule has 4 nitrogen and oxygen atoms in total. The average molecular weight is 421 g/mol. The highest BCUT2D eigenvalue weighted by molar-refractivity contribution is 6.07. The summed E-state index contributed by atoms with van der Waals surface area (Å²) in [5, 5.41) is 11.1. The number of aryl methyl sites for hydroxylation is 3. The zero-order chi connectivity index (χ0) is 22.2. The molecule has 0 spiro atoms. The molecule has 1 aliphatic heterocycles. The highest BCUT2D eigenvalue weighted by atomic mass is 19.1. The van der Waals surface area contributed by atoms with Gasteiger partial charge in [-0.25, -0.2) is 4.39 Å². The number of hydrogen-bond donors (Lipinski definition) is 1. The van der Waals surface area contributed by atoms with Crippen LogP contribution < -0.4 is 0 Å². The molecular weight excluding hydrogens is 391 g/mol. The lowest BCUT2D eigenvalue weighted by molar-refractivity contribution is 0.0269. The van der Waals surface area contributed by atoms with Gasteiger partial charge in [0.25, 0.3) is 5.91 Å². The van der Waals surface area contributed by atoms with Crippen LogP contribution in [0.4, 0.5) is 4.39 Å². The Hall–Kier alpha value is -2.79. The topological polar surface area (TPSA) is 53.4 Å². The number of carbonyl (C=O) groups is 1. The Morgan fingerprint density at radius 3 is 2.71 bits per heavy atom. The molecule has 1 aliphatic rings. The third-order valence-electron chi connectivity index (χ3n) is 6.67. The number of halogens is 1. The predicted molar refractivity (Wildman–Crippen MR) is 121 cm³/mol. The van der Waals surface area contributed by atoms with E-state index in [1.165, 1.54) is 6.07 Å². The van der Waals surface area contributed by atoms with Crippen molar-refractivity contribution in [2.24, 2.45) is 5.41 Å². The molecular formula is C26H29FN2O2. The van der Waals surface area contributed by atoms with Gasteiger partial charge in [-0.2, -0.15) is 0 Å². The van der Waals surface area contributed by atoms with Gasteiger partial charge >= 0.3 is 0 Å². The van der Waals surface area contributed by atoms with Crippen molar-refractivity contribution in [1.82, 2.24) is 9.88 Å². The number of aliphatic hydroxyl groups is 1. The van der Waals surface area contributed by atoms with E-state index in [9.17, 15) is 14.3 Å². The van der Waals surface area contributed by atoms with Crippen molar-refractivity contribution >= 4 is 16.8 Å². The van der Waals surface area contributed by atoms with Crippen LogP contribution in [0, 0.1) is 32.0 Å². The van der Waals surface area contributed by atoms with Gasteiger partial charge in [-0.1, -0.05) is 30.3 Å². The van der Waals surface area contributed by atoms with Gasteiger partial charge in [0.2, 0.25) is 0 Å². The van der Waals surface area contributed by atoms with E-state index >= 15 is 0 Å². The summed E-state index contributed by atoms with van der Waals surface area (Å²) in [5.74, 6) is -0.315. The van der Waals surface area contributed by atoms with Crippen molar-refractivity contribution in [2.75, 3.05) is 19.7 Å². The molecule has 2 heterocycles. The molecule has 31 heavy (non-hydrogen) atoms. The van der Waals surface area contributed by atoms with Gasteiger partial charge < -0.3 is 10.0 Å². The van der Waals surface area contributed by atoms with Gasteiger partial charge in [0, 0.05) is 29.6 Å². The van der Waals surface area contributed by atoms with Crippen molar-refractivity contribution < 1.29 is 14.3 Å². The Kier molecular flexibility index (Phi) is 5.80. The van der Waals surface area contributed by atoms with Crippen LogP contribution in [-0.2, 0) is 6.42 Å². The third-order valence-corrected chi connectivity index (χ3v) is 6.67. The molecule has 2 aromatic carbocycles. The number of nitrogens with zero attached hydrogens (tertiary/aromatic N) is 2. The number of pyridine rings is 1. The van der Waals surface area contributed by atoms with Crippen molar-refractivity contribution in [3.63, 3.8) is 0 Å². The van der Waals surface area contributed by atoms with E-state index < -0.39 is 5.41 Å². The maximum atomic E-state index is 14.3. The largest absolute Gasteiger partial charge is 0.396 e. The number of hydrogen-bond acceptors (Lipinski definition) is 3. The molecule has 1 N–H and O–H groups in total. The molecule has 0 unspecified atom stereocenters. The first-order chi connectivity index (χ1) is 14.8. The lowest BCUT2D eigenvalue weighted by atomic mass is 9.75. The molecule has 1 atom stereocenters. The molecule has 1 amide bonds. The van der Waals surface area contributed by atoms with E-state index in [0.717, 1.165) is 40.6 Å². The summed E-state index contributed by atoms with van der Waals surface area (Å²) < 4.78 is 14.3. The maximum absolute atomic E-state index is 14.3. The molecule has 5 heteroatoms. The standard InChI is InChI=1S/C26H29FN2O2/c1-17-9-10-21-22(13-18(2)28-24(21)19(17)3)25(31)29-12-6-11-26(15-29,16-30)14-20-7-4-5-8-23(20)27/h4-5,7-10,13,30H,6,11-12,14-16H2,1-3H3/t26-/m1/s1. The SMILES string of the molecule is Cc1cc(C(=O)N2CCC[C@@](CO)(Cc3ccccc3F)C2)c2ccc(C)c(C)c2n1. The number of amides is 1. The summed E-state index contributed by atoms with van der Waals surface area (Å²) in [7, 11) is 0. The Bertz CT molecular complexity index is 1140. The van der Waals surface area contributed by atoms with E-state index in [0.29, 0.717) is 30.6 Å². The van der Waals surface area contributed by atoms with Crippen LogP contribution in [0.5, 0.6) is 0 Å². The van der Waals surface area contributed by atoms with Gasteiger partial charge in [-0.15, -0.1) is 0 Å². The van der Waals surface area contributed by atoms with E-state index in [1.807, 2.05) is 49.9 Å². The van der Waals surface area contributed by atoms with Crippen LogP contribution >= 0.6 is 0 Å². The average Bonchev–Trinajstić information content (AvgIpc) is 2.77. The second-order valence-corrected chi connectivity index (χ2v) is 8.97. The first-order valence-electron chi connectivity index (χ1n) is 10.8. The molecule has 0 aliphatic carbocycles. The Morgan fingerprint density at radius 2 is 1.97 bits per heavy atom. The number of carbonyl (C=O) groups excluding carboxylic acids is 1. The summed E-state index contributed by atoms with van der Waals surface area (Å²) in [6.07, 6.45) is 1.95. The van der Waals surface area contributed by atoms with Crippen LogP contribution in [-0.4, -0.2) is 40.6 Å². The maximum Gasteiger partial charge on any atom is 0.254 e. The number of rotatable bonds is 4. The highest BCUT2D eigenvalue weighted by Crippen LogP contribution is 2.35. The summed E-state index contributed by atoms with van der Waals surface area (Å²) in [4.78, 5) is 20.1. The zero-order valence-electron chi connectivity index (χ0n) is 18.4. The van der Waals surface area contributed by atoms with Crippen molar-refractivity contribution in [3.05, 3.63) is 76.2 Å². The zero-order valence-corrected chi connectivity index (χ0v) is 18.4. The van der Waals surface area contributed by atoms with Crippen LogP contribution in [0.25, 0.3) is 10.9 Å². The number of fused-ring (bicyclic) bond motifs is 1. The molecule has 0 saturated carbocycles.